The minimum atomic E-state index is -1.24. The Balaban J connectivity index is 2.94. The standard InChI is InChI=1S/C12H14N2O6/c1-20-12(19)9(5-15)14-11(18)7-3-2-4-8(10(7)17)13-6-16/h2-4,6,9,15,17H,5H2,1H3,(H,13,16)(H,14,18). The van der Waals surface area contributed by atoms with Crippen molar-refractivity contribution in [3.8, 4) is 5.75 Å². The van der Waals surface area contributed by atoms with Gasteiger partial charge in [0.25, 0.3) is 5.91 Å². The first-order chi connectivity index (χ1) is 9.54. The van der Waals surface area contributed by atoms with Gasteiger partial charge in [0.05, 0.1) is 25.0 Å². The monoisotopic (exact) mass is 282 g/mol. The summed E-state index contributed by atoms with van der Waals surface area (Å²) < 4.78 is 4.40. The number of para-hydroxylation sites is 1. The molecule has 1 aromatic rings. The molecule has 0 fully saturated rings. The molecule has 0 radical (unpaired) electrons. The summed E-state index contributed by atoms with van der Waals surface area (Å²) in [4.78, 5) is 33.5. The van der Waals surface area contributed by atoms with Gasteiger partial charge in [-0.2, -0.15) is 0 Å². The summed E-state index contributed by atoms with van der Waals surface area (Å²) in [5.74, 6) is -2.05. The smallest absolute Gasteiger partial charge is 0.330 e. The van der Waals surface area contributed by atoms with Gasteiger partial charge in [-0.15, -0.1) is 0 Å². The van der Waals surface area contributed by atoms with Crippen LogP contribution in [0.1, 0.15) is 10.4 Å². The van der Waals surface area contributed by atoms with Gasteiger partial charge in [0.15, 0.2) is 11.8 Å². The van der Waals surface area contributed by atoms with E-state index in [-0.39, 0.29) is 11.3 Å². The first-order valence-electron chi connectivity index (χ1n) is 5.56. The van der Waals surface area contributed by atoms with E-state index in [1.54, 1.807) is 0 Å². The maximum absolute atomic E-state index is 11.9. The Morgan fingerprint density at radius 3 is 2.70 bits per heavy atom. The fraction of sp³-hybridized carbons (Fsp3) is 0.250. The van der Waals surface area contributed by atoms with Gasteiger partial charge in [0.1, 0.15) is 0 Å². The van der Waals surface area contributed by atoms with Crippen LogP contribution >= 0.6 is 0 Å². The Hall–Kier alpha value is -2.61. The highest BCUT2D eigenvalue weighted by atomic mass is 16.5. The second-order valence-electron chi connectivity index (χ2n) is 3.70. The zero-order chi connectivity index (χ0) is 15.1. The minimum Gasteiger partial charge on any atom is -0.505 e. The fourth-order valence-corrected chi connectivity index (χ4v) is 1.46. The number of anilines is 1. The van der Waals surface area contributed by atoms with Gasteiger partial charge in [-0.05, 0) is 12.1 Å². The molecule has 0 bridgehead atoms. The van der Waals surface area contributed by atoms with Crippen molar-refractivity contribution in [3.05, 3.63) is 23.8 Å². The molecule has 0 aromatic heterocycles. The number of ether oxygens (including phenoxy) is 1. The number of carbonyl (C=O) groups excluding carboxylic acids is 3. The van der Waals surface area contributed by atoms with Gasteiger partial charge in [-0.1, -0.05) is 6.07 Å². The summed E-state index contributed by atoms with van der Waals surface area (Å²) in [6, 6.07) is 2.89. The van der Waals surface area contributed by atoms with Crippen LogP contribution < -0.4 is 10.6 Å². The number of amides is 2. The quantitative estimate of drug-likeness (QED) is 0.308. The highest BCUT2D eigenvalue weighted by Gasteiger charge is 2.23. The van der Waals surface area contributed by atoms with E-state index in [9.17, 15) is 19.5 Å². The number of hydrogen-bond donors (Lipinski definition) is 4. The first kappa shape index (κ1) is 15.4. The average molecular weight is 282 g/mol. The number of aromatic hydroxyl groups is 1. The van der Waals surface area contributed by atoms with Crippen molar-refractivity contribution >= 4 is 24.0 Å². The predicted molar refractivity (Wildman–Crippen MR) is 68.1 cm³/mol. The molecule has 8 heteroatoms. The number of nitrogens with one attached hydrogen (secondary N) is 2. The summed E-state index contributed by atoms with van der Waals surface area (Å²) in [5.41, 5.74) is -0.106. The van der Waals surface area contributed by atoms with Gasteiger partial charge in [0.2, 0.25) is 6.41 Å². The SMILES string of the molecule is COC(=O)C(CO)NC(=O)c1cccc(NC=O)c1O. The number of methoxy groups -OCH3 is 1. The van der Waals surface area contributed by atoms with Gasteiger partial charge in [0, 0.05) is 0 Å². The van der Waals surface area contributed by atoms with Crippen molar-refractivity contribution in [3.63, 3.8) is 0 Å². The van der Waals surface area contributed by atoms with E-state index in [0.717, 1.165) is 7.11 Å². The van der Waals surface area contributed by atoms with Crippen molar-refractivity contribution in [1.82, 2.24) is 5.32 Å². The number of benzene rings is 1. The molecular weight excluding hydrogens is 268 g/mol. The fourth-order valence-electron chi connectivity index (χ4n) is 1.46. The molecule has 2 amide bonds. The highest BCUT2D eigenvalue weighted by molar-refractivity contribution is 6.01. The number of aliphatic hydroxyl groups is 1. The normalized spacial score (nSPS) is 11.3. The second kappa shape index (κ2) is 7.10. The minimum absolute atomic E-state index is 0.0475. The lowest BCUT2D eigenvalue weighted by atomic mass is 10.1. The predicted octanol–water partition coefficient (Wildman–Crippen LogP) is -0.776. The molecule has 0 aliphatic rings. The van der Waals surface area contributed by atoms with Crippen LogP contribution in [0.15, 0.2) is 18.2 Å². The number of aliphatic hydroxyl groups excluding tert-OH is 1. The van der Waals surface area contributed by atoms with E-state index in [1.165, 1.54) is 18.2 Å². The van der Waals surface area contributed by atoms with Crippen LogP contribution in [-0.2, 0) is 14.3 Å². The summed E-state index contributed by atoms with van der Waals surface area (Å²) >= 11 is 0. The van der Waals surface area contributed by atoms with E-state index >= 15 is 0 Å². The number of esters is 1. The summed E-state index contributed by atoms with van der Waals surface area (Å²) in [7, 11) is 1.11. The van der Waals surface area contributed by atoms with E-state index in [1.807, 2.05) is 0 Å². The number of carbonyl (C=O) groups is 3. The maximum Gasteiger partial charge on any atom is 0.330 e. The molecule has 0 heterocycles. The molecule has 0 saturated heterocycles. The molecule has 1 aromatic carbocycles. The molecular formula is C12H14N2O6. The van der Waals surface area contributed by atoms with E-state index in [0.29, 0.717) is 6.41 Å². The molecule has 108 valence electrons. The van der Waals surface area contributed by atoms with E-state index in [2.05, 4.69) is 15.4 Å². The summed E-state index contributed by atoms with van der Waals surface area (Å²) in [6.45, 7) is -0.647. The van der Waals surface area contributed by atoms with Crippen LogP contribution in [0.25, 0.3) is 0 Å². The van der Waals surface area contributed by atoms with E-state index < -0.39 is 30.3 Å². The number of hydrogen-bond acceptors (Lipinski definition) is 6. The van der Waals surface area contributed by atoms with Gasteiger partial charge >= 0.3 is 5.97 Å². The number of phenols is 1. The molecule has 0 spiro atoms. The second-order valence-corrected chi connectivity index (χ2v) is 3.70. The molecule has 0 aliphatic heterocycles. The van der Waals surface area contributed by atoms with Crippen molar-refractivity contribution < 1.29 is 29.3 Å². The maximum atomic E-state index is 11.9. The van der Waals surface area contributed by atoms with Crippen LogP contribution in [0.2, 0.25) is 0 Å². The van der Waals surface area contributed by atoms with Gasteiger partial charge in [-0.3, -0.25) is 9.59 Å². The Morgan fingerprint density at radius 2 is 2.15 bits per heavy atom. The lowest BCUT2D eigenvalue weighted by Gasteiger charge is -2.15. The van der Waals surface area contributed by atoms with Crippen molar-refractivity contribution in [2.24, 2.45) is 0 Å². The lowest BCUT2D eigenvalue weighted by molar-refractivity contribution is -0.143. The third-order valence-corrected chi connectivity index (χ3v) is 2.47. The van der Waals surface area contributed by atoms with Crippen molar-refractivity contribution in [1.29, 1.82) is 0 Å². The molecule has 1 unspecified atom stereocenters. The van der Waals surface area contributed by atoms with E-state index in [4.69, 9.17) is 5.11 Å². The molecule has 1 rings (SSSR count). The third kappa shape index (κ3) is 3.45. The largest absolute Gasteiger partial charge is 0.505 e. The van der Waals surface area contributed by atoms with Crippen LogP contribution in [-0.4, -0.2) is 48.3 Å². The average Bonchev–Trinajstić information content (AvgIpc) is 2.46. The van der Waals surface area contributed by atoms with Gasteiger partial charge in [-0.25, -0.2) is 4.79 Å². The van der Waals surface area contributed by atoms with Crippen LogP contribution in [0.5, 0.6) is 5.75 Å². The first-order valence-corrected chi connectivity index (χ1v) is 5.56. The molecule has 0 aliphatic carbocycles. The van der Waals surface area contributed by atoms with Crippen LogP contribution in [0, 0.1) is 0 Å². The highest BCUT2D eigenvalue weighted by Crippen LogP contribution is 2.26. The lowest BCUT2D eigenvalue weighted by Crippen LogP contribution is -2.44. The van der Waals surface area contributed by atoms with Gasteiger partial charge < -0.3 is 25.6 Å². The molecule has 4 N–H and O–H groups in total. The van der Waals surface area contributed by atoms with Crippen molar-refractivity contribution in [2.45, 2.75) is 6.04 Å². The summed E-state index contributed by atoms with van der Waals surface area (Å²) in [5, 5.41) is 23.2. The van der Waals surface area contributed by atoms with Crippen LogP contribution in [0.3, 0.4) is 0 Å². The Morgan fingerprint density at radius 1 is 1.45 bits per heavy atom. The third-order valence-electron chi connectivity index (χ3n) is 2.47. The van der Waals surface area contributed by atoms with Crippen LogP contribution in [0.4, 0.5) is 5.69 Å². The molecule has 20 heavy (non-hydrogen) atoms. The van der Waals surface area contributed by atoms with Crippen molar-refractivity contribution in [2.75, 3.05) is 19.0 Å². The Kier molecular flexibility index (Phi) is 5.48. The topological polar surface area (TPSA) is 125 Å². The number of phenolic OH excluding ortho intramolecular Hbond substituents is 1. The molecule has 1 atom stereocenters. The molecule has 8 nitrogen and oxygen atoms in total. The zero-order valence-electron chi connectivity index (χ0n) is 10.6. The number of rotatable bonds is 6. The summed E-state index contributed by atoms with van der Waals surface area (Å²) in [6.07, 6.45) is 0.349. The Labute approximate surface area is 114 Å². The molecule has 0 saturated carbocycles. The zero-order valence-corrected chi connectivity index (χ0v) is 10.6. The Bertz CT molecular complexity index is 517.